The summed E-state index contributed by atoms with van der Waals surface area (Å²) >= 11 is 0. The molecule has 8 nitrogen and oxygen atoms in total. The molecular formula is C29H30FN5O3. The van der Waals surface area contributed by atoms with E-state index in [0.29, 0.717) is 33.8 Å². The molecule has 1 aromatic heterocycles. The number of aryl methyl sites for hydroxylation is 1. The molecule has 1 saturated heterocycles. The van der Waals surface area contributed by atoms with Crippen molar-refractivity contribution in [2.75, 3.05) is 17.2 Å². The smallest absolute Gasteiger partial charge is 0.256 e. The first kappa shape index (κ1) is 25.4. The fourth-order valence-corrected chi connectivity index (χ4v) is 4.96. The summed E-state index contributed by atoms with van der Waals surface area (Å²) in [7, 11) is 0. The van der Waals surface area contributed by atoms with Crippen LogP contribution in [0.5, 0.6) is 0 Å². The van der Waals surface area contributed by atoms with Crippen molar-refractivity contribution in [2.24, 2.45) is 0 Å². The van der Waals surface area contributed by atoms with Crippen LogP contribution in [-0.4, -0.2) is 35.3 Å². The van der Waals surface area contributed by atoms with Gasteiger partial charge in [0.25, 0.3) is 11.8 Å². The highest BCUT2D eigenvalue weighted by Gasteiger charge is 2.27. The van der Waals surface area contributed by atoms with Crippen molar-refractivity contribution in [2.45, 2.75) is 45.7 Å². The minimum Gasteiger partial charge on any atom is -0.357 e. The molecule has 3 amide bonds. The van der Waals surface area contributed by atoms with Crippen LogP contribution in [0.25, 0.3) is 11.6 Å². The number of aromatic nitrogens is 1. The fourth-order valence-electron chi connectivity index (χ4n) is 4.96. The molecule has 196 valence electrons. The average Bonchev–Trinajstić information content (AvgIpc) is 3.60. The van der Waals surface area contributed by atoms with E-state index in [1.807, 2.05) is 20.8 Å². The first-order valence-electron chi connectivity index (χ1n) is 12.7. The van der Waals surface area contributed by atoms with E-state index in [9.17, 15) is 18.8 Å². The third-order valence-electron chi connectivity index (χ3n) is 7.17. The Hall–Kier alpha value is -4.24. The number of hydrogen-bond donors (Lipinski definition) is 5. The van der Waals surface area contributed by atoms with Crippen molar-refractivity contribution in [3.8, 4) is 0 Å². The summed E-state index contributed by atoms with van der Waals surface area (Å²) in [5.41, 5.74) is 5.86. The van der Waals surface area contributed by atoms with Crippen LogP contribution in [0.15, 0.2) is 42.5 Å². The number of halogens is 1. The van der Waals surface area contributed by atoms with Gasteiger partial charge < -0.3 is 26.3 Å². The van der Waals surface area contributed by atoms with E-state index >= 15 is 0 Å². The molecular weight excluding hydrogens is 485 g/mol. The summed E-state index contributed by atoms with van der Waals surface area (Å²) in [4.78, 5) is 41.8. The molecule has 5 rings (SSSR count). The molecule has 2 aliphatic heterocycles. The van der Waals surface area contributed by atoms with Crippen molar-refractivity contribution in [3.63, 3.8) is 0 Å². The topological polar surface area (TPSA) is 115 Å². The van der Waals surface area contributed by atoms with E-state index in [4.69, 9.17) is 0 Å². The highest BCUT2D eigenvalue weighted by Crippen LogP contribution is 2.35. The Kier molecular flexibility index (Phi) is 6.86. The fraction of sp³-hybridized carbons (Fsp3) is 0.276. The van der Waals surface area contributed by atoms with Gasteiger partial charge in [0.05, 0.1) is 23.3 Å². The van der Waals surface area contributed by atoms with Gasteiger partial charge in [-0.25, -0.2) is 4.39 Å². The van der Waals surface area contributed by atoms with Crippen molar-refractivity contribution in [3.05, 3.63) is 81.9 Å². The molecule has 3 aromatic rings. The zero-order valence-corrected chi connectivity index (χ0v) is 21.5. The molecule has 2 atom stereocenters. The second-order valence-electron chi connectivity index (χ2n) is 9.82. The summed E-state index contributed by atoms with van der Waals surface area (Å²) in [6.07, 6.45) is 3.52. The molecule has 0 saturated carbocycles. The number of H-pyrrole nitrogens is 1. The predicted molar refractivity (Wildman–Crippen MR) is 145 cm³/mol. The zero-order chi connectivity index (χ0) is 27.0. The molecule has 9 heteroatoms. The van der Waals surface area contributed by atoms with Gasteiger partial charge in [-0.1, -0.05) is 12.1 Å². The van der Waals surface area contributed by atoms with Crippen molar-refractivity contribution >= 4 is 40.7 Å². The van der Waals surface area contributed by atoms with Gasteiger partial charge in [0, 0.05) is 28.2 Å². The van der Waals surface area contributed by atoms with E-state index in [0.717, 1.165) is 36.2 Å². The first-order chi connectivity index (χ1) is 18.2. The van der Waals surface area contributed by atoms with Crippen molar-refractivity contribution in [1.29, 1.82) is 0 Å². The number of amides is 3. The number of aromatic amines is 1. The maximum absolute atomic E-state index is 13.2. The van der Waals surface area contributed by atoms with Crippen LogP contribution >= 0.6 is 0 Å². The molecule has 0 unspecified atom stereocenters. The monoisotopic (exact) mass is 515 g/mol. The van der Waals surface area contributed by atoms with Gasteiger partial charge in [-0.05, 0) is 87.7 Å². The number of benzene rings is 2. The number of fused-ring (bicyclic) bond motifs is 1. The number of anilines is 2. The van der Waals surface area contributed by atoms with Crippen LogP contribution in [0, 0.1) is 19.7 Å². The molecule has 2 aromatic carbocycles. The molecule has 0 radical (unpaired) electrons. The summed E-state index contributed by atoms with van der Waals surface area (Å²) in [6, 6.07) is 10.5. The third kappa shape index (κ3) is 4.97. The van der Waals surface area contributed by atoms with E-state index in [-0.39, 0.29) is 35.6 Å². The second kappa shape index (κ2) is 10.3. The predicted octanol–water partition coefficient (Wildman–Crippen LogP) is 4.44. The number of carbonyl (C=O) groups is 3. The number of nitrogens with one attached hydrogen (secondary N) is 5. The third-order valence-corrected chi connectivity index (χ3v) is 7.17. The Balaban J connectivity index is 1.38. The number of hydrogen-bond acceptors (Lipinski definition) is 4. The highest BCUT2D eigenvalue weighted by molar-refractivity contribution is 6.35. The van der Waals surface area contributed by atoms with Crippen molar-refractivity contribution < 1.29 is 18.8 Å². The summed E-state index contributed by atoms with van der Waals surface area (Å²) in [5.74, 6) is -0.984. The van der Waals surface area contributed by atoms with Crippen LogP contribution in [0.3, 0.4) is 0 Å². The number of carbonyl (C=O) groups excluding carboxylic acids is 3. The Bertz CT molecular complexity index is 1450. The molecule has 5 N–H and O–H groups in total. The van der Waals surface area contributed by atoms with Crippen molar-refractivity contribution in [1.82, 2.24) is 15.6 Å². The number of rotatable bonds is 6. The van der Waals surface area contributed by atoms with Crippen LogP contribution in [0.1, 0.15) is 64.2 Å². The minimum atomic E-state index is -0.338. The van der Waals surface area contributed by atoms with Crippen LogP contribution in [-0.2, 0) is 9.59 Å². The normalized spacial score (nSPS) is 18.3. The Morgan fingerprint density at radius 3 is 2.61 bits per heavy atom. The quantitative estimate of drug-likeness (QED) is 0.312. The minimum absolute atomic E-state index is 0.0682. The highest BCUT2D eigenvalue weighted by atomic mass is 19.1. The van der Waals surface area contributed by atoms with Gasteiger partial charge in [-0.2, -0.15) is 0 Å². The SMILES string of the molecule is Cc1[nH]c(/C=C2\C(=O)Nc3ccc(C(=O)N[C@H](C)c4ccc(F)cc4)cc32)c(C)c1NC(=O)[C@H]1CCCN1. The first-order valence-corrected chi connectivity index (χ1v) is 12.7. The molecule has 0 aliphatic carbocycles. The maximum atomic E-state index is 13.2. The van der Waals surface area contributed by atoms with Gasteiger partial charge in [0.15, 0.2) is 0 Å². The van der Waals surface area contributed by atoms with E-state index < -0.39 is 0 Å². The molecule has 2 aliphatic rings. The standard InChI is InChI=1S/C29H30FN5O3/c1-15-25(32-17(3)26(15)35-29(38)24-5-4-12-31-24)14-22-21-13-19(8-11-23(21)34-28(22)37)27(36)33-16(2)18-6-9-20(30)10-7-18/h6-11,13-14,16,24,31-32H,4-5,12H2,1-3H3,(H,33,36)(H,34,37)(H,35,38)/b22-14-/t16-,24-/m1/s1. The Labute approximate surface area is 220 Å². The van der Waals surface area contributed by atoms with E-state index in [1.165, 1.54) is 12.1 Å². The second-order valence-corrected chi connectivity index (χ2v) is 9.82. The molecule has 0 bridgehead atoms. The Morgan fingerprint density at radius 2 is 1.89 bits per heavy atom. The summed E-state index contributed by atoms with van der Waals surface area (Å²) in [6.45, 7) is 6.42. The maximum Gasteiger partial charge on any atom is 0.256 e. The lowest BCUT2D eigenvalue weighted by molar-refractivity contribution is -0.117. The lowest BCUT2D eigenvalue weighted by atomic mass is 10.0. The van der Waals surface area contributed by atoms with Gasteiger partial charge >= 0.3 is 0 Å². The van der Waals surface area contributed by atoms with E-state index in [2.05, 4.69) is 26.3 Å². The lowest BCUT2D eigenvalue weighted by Gasteiger charge is -2.15. The zero-order valence-electron chi connectivity index (χ0n) is 21.5. The molecule has 1 fully saturated rings. The van der Waals surface area contributed by atoms with Gasteiger partial charge in [-0.15, -0.1) is 0 Å². The Morgan fingerprint density at radius 1 is 1.13 bits per heavy atom. The summed E-state index contributed by atoms with van der Waals surface area (Å²) < 4.78 is 13.2. The average molecular weight is 516 g/mol. The lowest BCUT2D eigenvalue weighted by Crippen LogP contribution is -2.35. The largest absolute Gasteiger partial charge is 0.357 e. The van der Waals surface area contributed by atoms with Gasteiger partial charge in [-0.3, -0.25) is 14.4 Å². The van der Waals surface area contributed by atoms with Gasteiger partial charge in [0.2, 0.25) is 5.91 Å². The van der Waals surface area contributed by atoms with Gasteiger partial charge in [0.1, 0.15) is 5.82 Å². The molecule has 0 spiro atoms. The molecule has 3 heterocycles. The van der Waals surface area contributed by atoms with Crippen LogP contribution < -0.4 is 21.3 Å². The summed E-state index contributed by atoms with van der Waals surface area (Å²) in [5, 5.41) is 12.0. The van der Waals surface area contributed by atoms with Crippen LogP contribution in [0.4, 0.5) is 15.8 Å². The molecule has 38 heavy (non-hydrogen) atoms. The van der Waals surface area contributed by atoms with Crippen LogP contribution in [0.2, 0.25) is 0 Å². The van der Waals surface area contributed by atoms with E-state index in [1.54, 1.807) is 36.4 Å².